The van der Waals surface area contributed by atoms with Gasteiger partial charge in [0.25, 0.3) is 0 Å². The third-order valence-electron chi connectivity index (χ3n) is 8.11. The van der Waals surface area contributed by atoms with E-state index in [-0.39, 0.29) is 23.0 Å². The zero-order valence-corrected chi connectivity index (χ0v) is 23.9. The van der Waals surface area contributed by atoms with Crippen molar-refractivity contribution in [2.24, 2.45) is 0 Å². The molecule has 0 unspecified atom stereocenters. The zero-order chi connectivity index (χ0) is 27.6. The van der Waals surface area contributed by atoms with Crippen LogP contribution in [0.4, 0.5) is 10.1 Å². The number of carbonyl (C=O) groups is 1. The van der Waals surface area contributed by atoms with E-state index in [1.807, 2.05) is 46.2 Å². The number of carbonyl (C=O) groups excluding carboxylic acids is 1. The van der Waals surface area contributed by atoms with Gasteiger partial charge in [-0.3, -0.25) is 9.69 Å². The predicted molar refractivity (Wildman–Crippen MR) is 160 cm³/mol. The summed E-state index contributed by atoms with van der Waals surface area (Å²) in [7, 11) is 0. The number of rotatable bonds is 7. The SMILES string of the molecule is CC(C)c1ccc(CN2C[C@H](Sc3nc4ccccc4[nH]3)C[C@H]2C(=O)N2CCN(c3ccccc3F)CC2)cc1. The average Bonchev–Trinajstić information content (AvgIpc) is 3.56. The molecule has 0 spiro atoms. The third-order valence-corrected chi connectivity index (χ3v) is 9.20. The first kappa shape index (κ1) is 26.8. The highest BCUT2D eigenvalue weighted by Crippen LogP contribution is 2.34. The van der Waals surface area contributed by atoms with Gasteiger partial charge in [0.1, 0.15) is 5.82 Å². The van der Waals surface area contributed by atoms with Crippen LogP contribution in [0.2, 0.25) is 0 Å². The summed E-state index contributed by atoms with van der Waals surface area (Å²) in [5, 5.41) is 1.16. The molecule has 2 atom stereocenters. The van der Waals surface area contributed by atoms with Crippen molar-refractivity contribution >= 4 is 34.4 Å². The van der Waals surface area contributed by atoms with Gasteiger partial charge in [-0.25, -0.2) is 9.37 Å². The number of H-pyrrole nitrogens is 1. The molecule has 0 radical (unpaired) electrons. The molecule has 208 valence electrons. The lowest BCUT2D eigenvalue weighted by molar-refractivity contribution is -0.136. The van der Waals surface area contributed by atoms with Gasteiger partial charge >= 0.3 is 0 Å². The highest BCUT2D eigenvalue weighted by atomic mass is 32.2. The van der Waals surface area contributed by atoms with Gasteiger partial charge in [-0.15, -0.1) is 0 Å². The molecule has 2 saturated heterocycles. The molecule has 3 aromatic carbocycles. The van der Waals surface area contributed by atoms with Crippen LogP contribution < -0.4 is 4.90 Å². The van der Waals surface area contributed by atoms with Gasteiger partial charge in [0.2, 0.25) is 5.91 Å². The molecule has 6 rings (SSSR count). The number of aromatic nitrogens is 2. The molecular formula is C32H36FN5OS. The summed E-state index contributed by atoms with van der Waals surface area (Å²) in [6, 6.07) is 23.6. The number of nitrogens with one attached hydrogen (secondary N) is 1. The maximum atomic E-state index is 14.4. The predicted octanol–water partition coefficient (Wildman–Crippen LogP) is 5.91. The highest BCUT2D eigenvalue weighted by Gasteiger charge is 2.40. The molecule has 2 fully saturated rings. The van der Waals surface area contributed by atoms with Gasteiger partial charge in [-0.05, 0) is 47.7 Å². The first-order valence-electron chi connectivity index (χ1n) is 14.2. The number of amides is 1. The van der Waals surface area contributed by atoms with E-state index in [1.54, 1.807) is 17.8 Å². The number of hydrogen-bond donors (Lipinski definition) is 1. The van der Waals surface area contributed by atoms with Gasteiger partial charge in [0.15, 0.2) is 5.16 Å². The molecule has 2 aliphatic heterocycles. The molecule has 0 bridgehead atoms. The van der Waals surface area contributed by atoms with E-state index < -0.39 is 0 Å². The lowest BCUT2D eigenvalue weighted by Gasteiger charge is -2.38. The number of fused-ring (bicyclic) bond motifs is 1. The third kappa shape index (κ3) is 5.74. The average molecular weight is 558 g/mol. The number of likely N-dealkylation sites (tertiary alicyclic amines) is 1. The number of benzene rings is 3. The van der Waals surface area contributed by atoms with Crippen LogP contribution in [0, 0.1) is 5.82 Å². The Balaban J connectivity index is 1.17. The normalized spacial score (nSPS) is 20.1. The molecule has 1 amide bonds. The van der Waals surface area contributed by atoms with Gasteiger partial charge in [0.05, 0.1) is 22.8 Å². The summed E-state index contributed by atoms with van der Waals surface area (Å²) in [6.07, 6.45) is 0.776. The Bertz CT molecular complexity index is 1430. The topological polar surface area (TPSA) is 55.5 Å². The fraction of sp³-hybridized carbons (Fsp3) is 0.375. The smallest absolute Gasteiger partial charge is 0.240 e. The van der Waals surface area contributed by atoms with Crippen molar-refractivity contribution < 1.29 is 9.18 Å². The van der Waals surface area contributed by atoms with Gasteiger partial charge in [-0.1, -0.05) is 74.1 Å². The summed E-state index contributed by atoms with van der Waals surface area (Å²) in [5.74, 6) is 0.459. The molecule has 4 aromatic rings. The van der Waals surface area contributed by atoms with Gasteiger partial charge in [0, 0.05) is 44.5 Å². The molecule has 6 nitrogen and oxygen atoms in total. The Hall–Kier alpha value is -3.36. The Morgan fingerprint density at radius 1 is 1.00 bits per heavy atom. The minimum Gasteiger partial charge on any atom is -0.366 e. The number of anilines is 1. The van der Waals surface area contributed by atoms with Crippen molar-refractivity contribution in [1.82, 2.24) is 19.8 Å². The van der Waals surface area contributed by atoms with Crippen molar-refractivity contribution in [1.29, 1.82) is 0 Å². The first-order valence-corrected chi connectivity index (χ1v) is 15.0. The quantitative estimate of drug-likeness (QED) is 0.306. The van der Waals surface area contributed by atoms with E-state index in [9.17, 15) is 9.18 Å². The number of nitrogens with zero attached hydrogens (tertiary/aromatic N) is 4. The van der Waals surface area contributed by atoms with Crippen LogP contribution in [0.25, 0.3) is 11.0 Å². The Morgan fingerprint density at radius 2 is 1.73 bits per heavy atom. The highest BCUT2D eigenvalue weighted by molar-refractivity contribution is 7.99. The van der Waals surface area contributed by atoms with Crippen LogP contribution in [0.1, 0.15) is 37.3 Å². The zero-order valence-electron chi connectivity index (χ0n) is 23.1. The largest absolute Gasteiger partial charge is 0.366 e. The Kier molecular flexibility index (Phi) is 7.80. The fourth-order valence-electron chi connectivity index (χ4n) is 5.85. The molecule has 0 saturated carbocycles. The number of imidazole rings is 1. The van der Waals surface area contributed by atoms with E-state index >= 15 is 0 Å². The Labute approximate surface area is 239 Å². The lowest BCUT2D eigenvalue weighted by Crippen LogP contribution is -2.53. The van der Waals surface area contributed by atoms with Gasteiger partial charge in [-0.2, -0.15) is 0 Å². The molecular weight excluding hydrogens is 521 g/mol. The molecule has 3 heterocycles. The summed E-state index contributed by atoms with van der Waals surface area (Å²) in [4.78, 5) is 28.5. The second-order valence-electron chi connectivity index (χ2n) is 11.1. The van der Waals surface area contributed by atoms with Gasteiger partial charge < -0.3 is 14.8 Å². The molecule has 0 aliphatic carbocycles. The summed E-state index contributed by atoms with van der Waals surface area (Å²) in [5.41, 5.74) is 5.16. The summed E-state index contributed by atoms with van der Waals surface area (Å²) in [6.45, 7) is 8.43. The summed E-state index contributed by atoms with van der Waals surface area (Å²) < 4.78 is 14.4. The van der Waals surface area contributed by atoms with Crippen LogP contribution in [0.3, 0.4) is 0 Å². The van der Waals surface area contributed by atoms with Crippen molar-refractivity contribution in [3.8, 4) is 0 Å². The monoisotopic (exact) mass is 557 g/mol. The van der Waals surface area contributed by atoms with Crippen LogP contribution in [-0.4, -0.2) is 69.7 Å². The van der Waals surface area contributed by atoms with E-state index in [1.165, 1.54) is 17.2 Å². The number of para-hydroxylation sites is 3. The van der Waals surface area contributed by atoms with Crippen molar-refractivity contribution in [3.63, 3.8) is 0 Å². The molecule has 40 heavy (non-hydrogen) atoms. The fourth-order valence-corrected chi connectivity index (χ4v) is 7.03. The van der Waals surface area contributed by atoms with E-state index in [2.05, 4.69) is 48.0 Å². The Morgan fingerprint density at radius 3 is 2.45 bits per heavy atom. The van der Waals surface area contributed by atoms with Crippen molar-refractivity contribution in [3.05, 3.63) is 89.7 Å². The van der Waals surface area contributed by atoms with Crippen LogP contribution in [0.5, 0.6) is 0 Å². The first-order chi connectivity index (χ1) is 19.4. The van der Waals surface area contributed by atoms with Crippen LogP contribution in [0.15, 0.2) is 78.0 Å². The standard InChI is InChI=1S/C32H36FN5OS/c1-22(2)24-13-11-23(12-14-24)20-38-21-25(40-32-34-27-8-4-5-9-28(27)35-32)19-30(38)31(39)37-17-15-36(16-18-37)29-10-6-3-7-26(29)33/h3-14,22,25,30H,15-21H2,1-2H3,(H,34,35)/t25-,30+/m1/s1. The second-order valence-corrected chi connectivity index (χ2v) is 12.4. The van der Waals surface area contributed by atoms with Crippen LogP contribution in [-0.2, 0) is 11.3 Å². The lowest BCUT2D eigenvalue weighted by atomic mass is 10.0. The second kappa shape index (κ2) is 11.6. The molecule has 1 N–H and O–H groups in total. The number of hydrogen-bond acceptors (Lipinski definition) is 5. The van der Waals surface area contributed by atoms with Crippen molar-refractivity contribution in [2.75, 3.05) is 37.6 Å². The maximum absolute atomic E-state index is 14.4. The number of thioether (sulfide) groups is 1. The van der Waals surface area contributed by atoms with E-state index in [0.717, 1.165) is 35.7 Å². The minimum absolute atomic E-state index is 0.180. The van der Waals surface area contributed by atoms with Crippen LogP contribution >= 0.6 is 11.8 Å². The molecule has 2 aliphatic rings. The number of aromatic amines is 1. The van der Waals surface area contributed by atoms with E-state index in [0.29, 0.717) is 37.8 Å². The summed E-state index contributed by atoms with van der Waals surface area (Å²) >= 11 is 1.74. The number of piperazine rings is 1. The minimum atomic E-state index is -0.210. The number of halogens is 1. The van der Waals surface area contributed by atoms with E-state index in [4.69, 9.17) is 4.98 Å². The molecule has 1 aromatic heterocycles. The molecule has 8 heteroatoms. The maximum Gasteiger partial charge on any atom is 0.240 e. The van der Waals surface area contributed by atoms with Crippen molar-refractivity contribution in [2.45, 2.75) is 49.2 Å².